The highest BCUT2D eigenvalue weighted by Crippen LogP contribution is 2.36. The zero-order chi connectivity index (χ0) is 12.6. The van der Waals surface area contributed by atoms with Crippen molar-refractivity contribution < 1.29 is 9.18 Å². The van der Waals surface area contributed by atoms with Crippen LogP contribution in [0.5, 0.6) is 0 Å². The van der Waals surface area contributed by atoms with Crippen LogP contribution in [-0.2, 0) is 4.79 Å². The van der Waals surface area contributed by atoms with Crippen molar-refractivity contribution in [1.29, 1.82) is 0 Å². The highest BCUT2D eigenvalue weighted by atomic mass is 79.9. The Kier molecular flexibility index (Phi) is 3.54. The first-order valence-corrected chi connectivity index (χ1v) is 6.27. The molecule has 0 spiro atoms. The minimum Gasteiger partial charge on any atom is -0.308 e. The fraction of sp³-hybridized carbons (Fsp3) is 0.250. The van der Waals surface area contributed by atoms with E-state index in [1.165, 1.54) is 11.0 Å². The van der Waals surface area contributed by atoms with E-state index in [1.807, 2.05) is 0 Å². The van der Waals surface area contributed by atoms with Crippen molar-refractivity contribution in [2.45, 2.75) is 6.42 Å². The van der Waals surface area contributed by atoms with Crippen molar-refractivity contribution in [3.05, 3.63) is 40.1 Å². The first kappa shape index (κ1) is 12.6. The van der Waals surface area contributed by atoms with Gasteiger partial charge < -0.3 is 4.90 Å². The molecule has 1 fully saturated rings. The van der Waals surface area contributed by atoms with Crippen LogP contribution in [0, 0.1) is 11.7 Å². The van der Waals surface area contributed by atoms with Crippen LogP contribution in [-0.4, -0.2) is 12.5 Å². The maximum atomic E-state index is 13.8. The lowest BCUT2D eigenvalue weighted by molar-refractivity contribution is -0.117. The molecule has 1 unspecified atom stereocenters. The van der Waals surface area contributed by atoms with Gasteiger partial charge in [0, 0.05) is 28.4 Å². The second-order valence-electron chi connectivity index (χ2n) is 3.92. The average Bonchev–Trinajstić information content (AvgIpc) is 2.59. The number of carbonyl (C=O) groups is 1. The van der Waals surface area contributed by atoms with Crippen LogP contribution in [0.4, 0.5) is 10.1 Å². The summed E-state index contributed by atoms with van der Waals surface area (Å²) in [6.45, 7) is 4.12. The Bertz CT molecular complexity index is 468. The second-order valence-corrected chi connectivity index (χ2v) is 5.21. The summed E-state index contributed by atoms with van der Waals surface area (Å²) in [7, 11) is 0. The van der Waals surface area contributed by atoms with Gasteiger partial charge in [0.05, 0.1) is 5.69 Å². The van der Waals surface area contributed by atoms with Gasteiger partial charge in [0.25, 0.3) is 0 Å². The number of rotatable bonds is 2. The zero-order valence-electron chi connectivity index (χ0n) is 8.92. The predicted octanol–water partition coefficient (Wildman–Crippen LogP) is 3.78. The van der Waals surface area contributed by atoms with Crippen molar-refractivity contribution in [3.8, 4) is 0 Å². The molecule has 1 atom stereocenters. The number of halogens is 3. The van der Waals surface area contributed by atoms with Crippen LogP contribution >= 0.6 is 27.5 Å². The molecule has 0 saturated carbocycles. The third kappa shape index (κ3) is 2.38. The molecule has 2 rings (SSSR count). The Hall–Kier alpha value is -0.870. The Morgan fingerprint density at radius 2 is 2.29 bits per heavy atom. The second kappa shape index (κ2) is 4.78. The van der Waals surface area contributed by atoms with Gasteiger partial charge in [-0.25, -0.2) is 4.39 Å². The highest BCUT2D eigenvalue weighted by molar-refractivity contribution is 9.10. The molecule has 5 heteroatoms. The van der Waals surface area contributed by atoms with Gasteiger partial charge in [-0.2, -0.15) is 0 Å². The lowest BCUT2D eigenvalue weighted by Crippen LogP contribution is -2.25. The average molecular weight is 319 g/mol. The van der Waals surface area contributed by atoms with Gasteiger partial charge in [-0.05, 0) is 28.1 Å². The quantitative estimate of drug-likeness (QED) is 0.760. The standard InChI is InChI=1S/C12H10BrClFNO/c1-2-7-3-11(17)16(6-7)12-9(13)4-8(14)5-10(12)15/h2,4-5,7H,1,3,6H2. The normalized spacial score (nSPS) is 19.8. The van der Waals surface area contributed by atoms with Gasteiger partial charge in [-0.3, -0.25) is 4.79 Å². The molecular weight excluding hydrogens is 308 g/mol. The van der Waals surface area contributed by atoms with E-state index in [0.717, 1.165) is 0 Å². The smallest absolute Gasteiger partial charge is 0.227 e. The Morgan fingerprint density at radius 1 is 1.59 bits per heavy atom. The van der Waals surface area contributed by atoms with Crippen LogP contribution in [0.3, 0.4) is 0 Å². The molecule has 90 valence electrons. The van der Waals surface area contributed by atoms with Crippen molar-refractivity contribution in [2.75, 3.05) is 11.4 Å². The summed E-state index contributed by atoms with van der Waals surface area (Å²) in [6, 6.07) is 2.78. The number of anilines is 1. The van der Waals surface area contributed by atoms with E-state index in [4.69, 9.17) is 11.6 Å². The molecule has 0 radical (unpaired) electrons. The Labute approximate surface area is 112 Å². The van der Waals surface area contributed by atoms with Crippen LogP contribution in [0.15, 0.2) is 29.3 Å². The lowest BCUT2D eigenvalue weighted by Gasteiger charge is -2.19. The van der Waals surface area contributed by atoms with Crippen molar-refractivity contribution in [3.63, 3.8) is 0 Å². The van der Waals surface area contributed by atoms with Crippen LogP contribution < -0.4 is 4.90 Å². The summed E-state index contributed by atoms with van der Waals surface area (Å²) in [5.74, 6) is -0.524. The Morgan fingerprint density at radius 3 is 2.82 bits per heavy atom. The summed E-state index contributed by atoms with van der Waals surface area (Å²) in [5.41, 5.74) is 0.253. The summed E-state index contributed by atoms with van der Waals surface area (Å²) in [4.78, 5) is 13.2. The van der Waals surface area contributed by atoms with Gasteiger partial charge in [-0.1, -0.05) is 17.7 Å². The largest absolute Gasteiger partial charge is 0.308 e. The first-order valence-electron chi connectivity index (χ1n) is 5.10. The number of benzene rings is 1. The maximum Gasteiger partial charge on any atom is 0.227 e. The predicted molar refractivity (Wildman–Crippen MR) is 69.8 cm³/mol. The van der Waals surface area contributed by atoms with E-state index in [-0.39, 0.29) is 17.5 Å². The molecule has 1 aromatic rings. The molecule has 1 aliphatic heterocycles. The molecular formula is C12H10BrClFNO. The van der Waals surface area contributed by atoms with E-state index in [1.54, 1.807) is 12.1 Å². The van der Waals surface area contributed by atoms with Gasteiger partial charge in [0.1, 0.15) is 5.82 Å². The number of amides is 1. The number of hydrogen-bond acceptors (Lipinski definition) is 1. The molecule has 0 bridgehead atoms. The van der Waals surface area contributed by atoms with E-state index in [9.17, 15) is 9.18 Å². The Balaban J connectivity index is 2.41. The maximum absolute atomic E-state index is 13.8. The van der Waals surface area contributed by atoms with E-state index < -0.39 is 5.82 Å². The van der Waals surface area contributed by atoms with E-state index in [2.05, 4.69) is 22.5 Å². The van der Waals surface area contributed by atoms with Crippen molar-refractivity contribution >= 4 is 39.1 Å². The summed E-state index contributed by atoms with van der Waals surface area (Å²) < 4.78 is 14.3. The zero-order valence-corrected chi connectivity index (χ0v) is 11.3. The third-order valence-electron chi connectivity index (χ3n) is 2.74. The molecule has 0 aromatic heterocycles. The van der Waals surface area contributed by atoms with Crippen LogP contribution in [0.1, 0.15) is 6.42 Å². The minimum absolute atomic E-state index is 0.0736. The topological polar surface area (TPSA) is 20.3 Å². The van der Waals surface area contributed by atoms with Crippen molar-refractivity contribution in [2.24, 2.45) is 5.92 Å². The monoisotopic (exact) mass is 317 g/mol. The number of carbonyl (C=O) groups excluding carboxylic acids is 1. The molecule has 1 aromatic carbocycles. The number of hydrogen-bond donors (Lipinski definition) is 0. The van der Waals surface area contributed by atoms with Gasteiger partial charge >= 0.3 is 0 Å². The molecule has 1 aliphatic rings. The fourth-order valence-electron chi connectivity index (χ4n) is 1.90. The van der Waals surface area contributed by atoms with Crippen molar-refractivity contribution in [1.82, 2.24) is 0 Å². The molecule has 0 aliphatic carbocycles. The van der Waals surface area contributed by atoms with Gasteiger partial charge in [0.15, 0.2) is 0 Å². The van der Waals surface area contributed by atoms with Gasteiger partial charge in [0.2, 0.25) is 5.91 Å². The lowest BCUT2D eigenvalue weighted by atomic mass is 10.1. The fourth-order valence-corrected chi connectivity index (χ4v) is 2.89. The third-order valence-corrected chi connectivity index (χ3v) is 3.56. The first-order chi connectivity index (χ1) is 8.02. The van der Waals surface area contributed by atoms with Gasteiger partial charge in [-0.15, -0.1) is 6.58 Å². The van der Waals surface area contributed by atoms with Crippen LogP contribution in [0.25, 0.3) is 0 Å². The SMILES string of the molecule is C=CC1CC(=O)N(c2c(F)cc(Cl)cc2Br)C1. The van der Waals surface area contributed by atoms with Crippen LogP contribution in [0.2, 0.25) is 5.02 Å². The van der Waals surface area contributed by atoms with E-state index in [0.29, 0.717) is 22.5 Å². The molecule has 1 heterocycles. The summed E-state index contributed by atoms with van der Waals surface area (Å²) >= 11 is 8.96. The molecule has 0 N–H and O–H groups in total. The number of nitrogens with zero attached hydrogens (tertiary/aromatic N) is 1. The minimum atomic E-state index is -0.498. The molecule has 2 nitrogen and oxygen atoms in total. The summed E-state index contributed by atoms with van der Waals surface area (Å²) in [5, 5.41) is 0.296. The van der Waals surface area contributed by atoms with E-state index >= 15 is 0 Å². The molecule has 17 heavy (non-hydrogen) atoms. The molecule has 1 amide bonds. The molecule has 1 saturated heterocycles. The summed E-state index contributed by atoms with van der Waals surface area (Å²) in [6.07, 6.45) is 2.09. The highest BCUT2D eigenvalue weighted by Gasteiger charge is 2.31.